The van der Waals surface area contributed by atoms with E-state index in [-0.39, 0.29) is 30.6 Å². The maximum atomic E-state index is 12.8. The van der Waals surface area contributed by atoms with E-state index in [0.717, 1.165) is 24.1 Å². The van der Waals surface area contributed by atoms with Gasteiger partial charge in [0.1, 0.15) is 6.54 Å². The van der Waals surface area contributed by atoms with Crippen molar-refractivity contribution in [1.29, 1.82) is 0 Å². The number of aryl methyl sites for hydroxylation is 1. The summed E-state index contributed by atoms with van der Waals surface area (Å²) in [5, 5.41) is 0. The zero-order chi connectivity index (χ0) is 26.4. The average Bonchev–Trinajstić information content (AvgIpc) is 3.23. The second-order valence-corrected chi connectivity index (χ2v) is 10.2. The lowest BCUT2D eigenvalue weighted by atomic mass is 10.0. The molecule has 2 amide bonds. The normalized spacial score (nSPS) is 13.4. The van der Waals surface area contributed by atoms with Crippen LogP contribution in [0.25, 0.3) is 10.2 Å². The molecule has 0 bridgehead atoms. The molecule has 0 N–H and O–H groups in total. The molecule has 1 aliphatic rings. The van der Waals surface area contributed by atoms with E-state index in [1.807, 2.05) is 24.3 Å². The Morgan fingerprint density at radius 3 is 2.70 bits per heavy atom. The summed E-state index contributed by atoms with van der Waals surface area (Å²) in [5.74, 6) is -1.24. The van der Waals surface area contributed by atoms with Gasteiger partial charge in [0.25, 0.3) is 5.91 Å². The van der Waals surface area contributed by atoms with Gasteiger partial charge in [-0.1, -0.05) is 29.5 Å². The minimum absolute atomic E-state index is 0.0156. The molecule has 0 aliphatic carbocycles. The number of hydrogen-bond acceptors (Lipinski definition) is 8. The van der Waals surface area contributed by atoms with Crippen LogP contribution in [0.1, 0.15) is 29.3 Å². The molecule has 0 spiro atoms. The summed E-state index contributed by atoms with van der Waals surface area (Å²) in [6, 6.07) is 12.8. The number of thioether (sulfide) groups is 1. The molecule has 0 radical (unpaired) electrons. The molecule has 4 rings (SSSR count). The van der Waals surface area contributed by atoms with Crippen LogP contribution in [0.3, 0.4) is 0 Å². The Morgan fingerprint density at radius 1 is 1.11 bits per heavy atom. The second kappa shape index (κ2) is 12.2. The molecule has 2 aromatic carbocycles. The summed E-state index contributed by atoms with van der Waals surface area (Å²) in [6.45, 7) is 2.51. The van der Waals surface area contributed by atoms with Crippen molar-refractivity contribution in [3.05, 3.63) is 58.4 Å². The van der Waals surface area contributed by atoms with E-state index in [2.05, 4.69) is 4.99 Å². The van der Waals surface area contributed by atoms with Gasteiger partial charge in [-0.2, -0.15) is 4.99 Å². The smallest absolute Gasteiger partial charge is 0.338 e. The third-order valence-corrected chi connectivity index (χ3v) is 7.73. The summed E-state index contributed by atoms with van der Waals surface area (Å²) < 4.78 is 12.1. The highest BCUT2D eigenvalue weighted by atomic mass is 32.2. The van der Waals surface area contributed by atoms with E-state index in [4.69, 9.17) is 9.47 Å². The quantitative estimate of drug-likeness (QED) is 0.403. The van der Waals surface area contributed by atoms with Gasteiger partial charge in [0.05, 0.1) is 41.0 Å². The first-order valence-corrected chi connectivity index (χ1v) is 13.8. The third kappa shape index (κ3) is 6.28. The zero-order valence-electron chi connectivity index (χ0n) is 20.6. The maximum absolute atomic E-state index is 12.8. The van der Waals surface area contributed by atoms with Gasteiger partial charge in [0.2, 0.25) is 5.91 Å². The highest BCUT2D eigenvalue weighted by Gasteiger charge is 2.22. The standard InChI is InChI=1S/C26H27N3O6S2/c1-3-35-25(33)18-10-11-20-21(13-18)37-26(29(20)14-24(32)34-2)27-22(30)15-36-16-23(31)28-12-6-8-17-7-4-5-9-19(17)28/h4-5,7,9-11,13H,3,6,8,12,14-16H2,1-2H3. The molecule has 37 heavy (non-hydrogen) atoms. The van der Waals surface area contributed by atoms with Crippen molar-refractivity contribution in [1.82, 2.24) is 4.57 Å². The molecule has 1 aromatic heterocycles. The minimum Gasteiger partial charge on any atom is -0.468 e. The molecule has 11 heteroatoms. The Bertz CT molecular complexity index is 1410. The van der Waals surface area contributed by atoms with E-state index in [1.54, 1.807) is 34.6 Å². The third-order valence-electron chi connectivity index (χ3n) is 5.79. The number of carbonyl (C=O) groups excluding carboxylic acids is 4. The van der Waals surface area contributed by atoms with Crippen LogP contribution in [0.2, 0.25) is 0 Å². The number of anilines is 1. The van der Waals surface area contributed by atoms with Crippen molar-refractivity contribution in [3.63, 3.8) is 0 Å². The van der Waals surface area contributed by atoms with Crippen molar-refractivity contribution in [3.8, 4) is 0 Å². The van der Waals surface area contributed by atoms with Crippen molar-refractivity contribution in [2.24, 2.45) is 4.99 Å². The topological polar surface area (TPSA) is 107 Å². The number of methoxy groups -OCH3 is 1. The van der Waals surface area contributed by atoms with Crippen molar-refractivity contribution in [2.45, 2.75) is 26.3 Å². The van der Waals surface area contributed by atoms with Crippen LogP contribution < -0.4 is 9.70 Å². The van der Waals surface area contributed by atoms with E-state index in [1.165, 1.54) is 30.2 Å². The van der Waals surface area contributed by atoms with Gasteiger partial charge in [0, 0.05) is 12.2 Å². The van der Waals surface area contributed by atoms with Crippen LogP contribution in [-0.2, 0) is 36.8 Å². The summed E-state index contributed by atoms with van der Waals surface area (Å²) in [4.78, 5) is 56.0. The van der Waals surface area contributed by atoms with Crippen LogP contribution in [0.15, 0.2) is 47.5 Å². The molecule has 1 aliphatic heterocycles. The summed E-state index contributed by atoms with van der Waals surface area (Å²) >= 11 is 2.39. The van der Waals surface area contributed by atoms with Gasteiger partial charge in [0.15, 0.2) is 4.80 Å². The Kier molecular flexibility index (Phi) is 8.78. The van der Waals surface area contributed by atoms with Crippen LogP contribution in [-0.4, -0.2) is 60.1 Å². The minimum atomic E-state index is -0.496. The number of thiazole rings is 1. The first-order valence-electron chi connectivity index (χ1n) is 11.8. The number of rotatable bonds is 8. The predicted molar refractivity (Wildman–Crippen MR) is 143 cm³/mol. The van der Waals surface area contributed by atoms with Crippen molar-refractivity contribution < 1.29 is 28.7 Å². The number of hydrogen-bond donors (Lipinski definition) is 0. The first kappa shape index (κ1) is 26.6. The number of amides is 2. The fourth-order valence-electron chi connectivity index (χ4n) is 4.08. The van der Waals surface area contributed by atoms with Crippen LogP contribution in [0, 0.1) is 0 Å². The van der Waals surface area contributed by atoms with Gasteiger partial charge in [-0.15, -0.1) is 11.8 Å². The Labute approximate surface area is 222 Å². The second-order valence-electron chi connectivity index (χ2n) is 8.23. The zero-order valence-corrected chi connectivity index (χ0v) is 22.2. The van der Waals surface area contributed by atoms with Gasteiger partial charge >= 0.3 is 11.9 Å². The molecule has 0 atom stereocenters. The number of aromatic nitrogens is 1. The molecular weight excluding hydrogens is 514 g/mol. The van der Waals surface area contributed by atoms with Crippen LogP contribution in [0.5, 0.6) is 0 Å². The molecule has 194 valence electrons. The molecule has 9 nitrogen and oxygen atoms in total. The molecule has 0 unspecified atom stereocenters. The average molecular weight is 542 g/mol. The molecule has 0 saturated heterocycles. The number of nitrogens with zero attached hydrogens (tertiary/aromatic N) is 3. The van der Waals surface area contributed by atoms with Gasteiger partial charge in [-0.25, -0.2) is 4.79 Å². The molecule has 0 saturated carbocycles. The highest BCUT2D eigenvalue weighted by molar-refractivity contribution is 8.00. The van der Waals surface area contributed by atoms with Crippen LogP contribution in [0.4, 0.5) is 5.69 Å². The lowest BCUT2D eigenvalue weighted by Crippen LogP contribution is -2.36. The van der Waals surface area contributed by atoms with Crippen molar-refractivity contribution in [2.75, 3.05) is 36.7 Å². The molecule has 3 aromatic rings. The Hall–Kier alpha value is -3.44. The monoisotopic (exact) mass is 541 g/mol. The SMILES string of the molecule is CCOC(=O)c1ccc2c(c1)sc(=NC(=O)CSCC(=O)N1CCCc3ccccc31)n2CC(=O)OC. The van der Waals surface area contributed by atoms with E-state index in [0.29, 0.717) is 27.1 Å². The predicted octanol–water partition coefficient (Wildman–Crippen LogP) is 3.19. The fraction of sp³-hybridized carbons (Fsp3) is 0.346. The molecule has 2 heterocycles. The van der Waals surface area contributed by atoms with E-state index >= 15 is 0 Å². The van der Waals surface area contributed by atoms with Gasteiger partial charge < -0.3 is 18.9 Å². The largest absolute Gasteiger partial charge is 0.468 e. The summed E-state index contributed by atoms with van der Waals surface area (Å²) in [7, 11) is 1.28. The van der Waals surface area contributed by atoms with E-state index < -0.39 is 17.8 Å². The first-order chi connectivity index (χ1) is 17.9. The number of esters is 2. The number of para-hydroxylation sites is 1. The lowest BCUT2D eigenvalue weighted by Gasteiger charge is -2.29. The summed E-state index contributed by atoms with van der Waals surface area (Å²) in [6.07, 6.45) is 1.86. The number of benzene rings is 2. The number of carbonyl (C=O) groups is 4. The van der Waals surface area contributed by atoms with Gasteiger partial charge in [-0.05, 0) is 49.6 Å². The molecular formula is C26H27N3O6S2. The van der Waals surface area contributed by atoms with Crippen molar-refractivity contribution >= 4 is 62.8 Å². The lowest BCUT2D eigenvalue weighted by molar-refractivity contribution is -0.141. The van der Waals surface area contributed by atoms with Gasteiger partial charge in [-0.3, -0.25) is 14.4 Å². The number of fused-ring (bicyclic) bond motifs is 2. The number of ether oxygens (including phenoxy) is 2. The maximum Gasteiger partial charge on any atom is 0.338 e. The Balaban J connectivity index is 1.49. The Morgan fingerprint density at radius 2 is 1.92 bits per heavy atom. The summed E-state index contributed by atoms with van der Waals surface area (Å²) in [5.41, 5.74) is 3.10. The van der Waals surface area contributed by atoms with Crippen LogP contribution >= 0.6 is 23.1 Å². The van der Waals surface area contributed by atoms with E-state index in [9.17, 15) is 19.2 Å². The molecule has 0 fully saturated rings. The fourth-order valence-corrected chi connectivity index (χ4v) is 5.84. The highest BCUT2D eigenvalue weighted by Crippen LogP contribution is 2.27.